The van der Waals surface area contributed by atoms with Crippen LogP contribution in [0.25, 0.3) is 0 Å². The Morgan fingerprint density at radius 2 is 2.00 bits per heavy atom. The molecule has 0 amide bonds. The molecule has 2 N–H and O–H groups in total. The molecule has 94 valence electrons. The standard InChI is InChI=1S/C14H21NO2/c1-10-6-7-14(13(15)8-10)17-12-5-3-4-11(9-12)16-2/h6-8,11-12H,3-5,9,15H2,1-2H3. The van der Waals surface area contributed by atoms with Crippen LogP contribution in [0, 0.1) is 6.92 Å². The second-order valence-electron chi connectivity index (χ2n) is 4.81. The van der Waals surface area contributed by atoms with Gasteiger partial charge in [0.15, 0.2) is 0 Å². The Morgan fingerprint density at radius 1 is 1.24 bits per heavy atom. The van der Waals surface area contributed by atoms with Gasteiger partial charge in [-0.2, -0.15) is 0 Å². The minimum atomic E-state index is 0.235. The van der Waals surface area contributed by atoms with Crippen molar-refractivity contribution in [3.63, 3.8) is 0 Å². The molecule has 0 aliphatic heterocycles. The average Bonchev–Trinajstić information content (AvgIpc) is 2.33. The molecule has 0 heterocycles. The number of aryl methyl sites for hydroxylation is 1. The molecule has 1 aliphatic rings. The largest absolute Gasteiger partial charge is 0.488 e. The van der Waals surface area contributed by atoms with Crippen molar-refractivity contribution in [2.24, 2.45) is 0 Å². The van der Waals surface area contributed by atoms with Crippen molar-refractivity contribution >= 4 is 5.69 Å². The summed E-state index contributed by atoms with van der Waals surface area (Å²) in [5, 5.41) is 0. The van der Waals surface area contributed by atoms with Crippen LogP contribution in [-0.2, 0) is 4.74 Å². The first-order valence-electron chi connectivity index (χ1n) is 6.24. The van der Waals surface area contributed by atoms with E-state index in [9.17, 15) is 0 Å². The number of methoxy groups -OCH3 is 1. The molecule has 17 heavy (non-hydrogen) atoms. The predicted octanol–water partition coefficient (Wildman–Crippen LogP) is 2.91. The van der Waals surface area contributed by atoms with E-state index in [1.165, 1.54) is 0 Å². The molecule has 1 aliphatic carbocycles. The van der Waals surface area contributed by atoms with Crippen LogP contribution in [0.1, 0.15) is 31.2 Å². The molecule has 1 saturated carbocycles. The van der Waals surface area contributed by atoms with Crippen molar-refractivity contribution in [3.8, 4) is 5.75 Å². The number of nitrogen functional groups attached to an aromatic ring is 1. The number of benzene rings is 1. The Bertz CT molecular complexity index is 378. The van der Waals surface area contributed by atoms with Crippen molar-refractivity contribution in [1.29, 1.82) is 0 Å². The lowest BCUT2D eigenvalue weighted by Gasteiger charge is -2.29. The van der Waals surface area contributed by atoms with Crippen molar-refractivity contribution < 1.29 is 9.47 Å². The summed E-state index contributed by atoms with van der Waals surface area (Å²) in [6, 6.07) is 5.94. The van der Waals surface area contributed by atoms with Gasteiger partial charge in [-0.1, -0.05) is 6.07 Å². The fraction of sp³-hybridized carbons (Fsp3) is 0.571. The maximum atomic E-state index is 5.97. The molecular weight excluding hydrogens is 214 g/mol. The summed E-state index contributed by atoms with van der Waals surface area (Å²) in [7, 11) is 1.77. The minimum Gasteiger partial charge on any atom is -0.488 e. The molecule has 0 bridgehead atoms. The van der Waals surface area contributed by atoms with Crippen molar-refractivity contribution in [1.82, 2.24) is 0 Å². The first kappa shape index (κ1) is 12.2. The zero-order valence-corrected chi connectivity index (χ0v) is 10.6. The van der Waals surface area contributed by atoms with E-state index in [1.807, 2.05) is 25.1 Å². The van der Waals surface area contributed by atoms with E-state index >= 15 is 0 Å². The first-order chi connectivity index (χ1) is 8.19. The summed E-state index contributed by atoms with van der Waals surface area (Å²) in [6.07, 6.45) is 4.92. The van der Waals surface area contributed by atoms with Gasteiger partial charge >= 0.3 is 0 Å². The van der Waals surface area contributed by atoms with E-state index in [4.69, 9.17) is 15.2 Å². The summed E-state index contributed by atoms with van der Waals surface area (Å²) in [5.74, 6) is 0.803. The molecule has 3 nitrogen and oxygen atoms in total. The van der Waals surface area contributed by atoms with Crippen LogP contribution in [0.15, 0.2) is 18.2 Å². The lowest BCUT2D eigenvalue weighted by atomic mass is 9.95. The molecule has 1 fully saturated rings. The Kier molecular flexibility index (Phi) is 3.89. The third-order valence-electron chi connectivity index (χ3n) is 3.37. The van der Waals surface area contributed by atoms with E-state index < -0.39 is 0 Å². The van der Waals surface area contributed by atoms with E-state index in [2.05, 4.69) is 0 Å². The summed E-state index contributed by atoms with van der Waals surface area (Å²) in [4.78, 5) is 0. The molecule has 0 saturated heterocycles. The van der Waals surface area contributed by atoms with Crippen LogP contribution in [0.2, 0.25) is 0 Å². The normalized spacial score (nSPS) is 24.6. The number of hydrogen-bond acceptors (Lipinski definition) is 3. The van der Waals surface area contributed by atoms with Gasteiger partial charge in [-0.3, -0.25) is 0 Å². The second-order valence-corrected chi connectivity index (χ2v) is 4.81. The molecule has 0 spiro atoms. The Morgan fingerprint density at radius 3 is 2.71 bits per heavy atom. The topological polar surface area (TPSA) is 44.5 Å². The van der Waals surface area contributed by atoms with Gasteiger partial charge in [0, 0.05) is 13.5 Å². The van der Waals surface area contributed by atoms with E-state index in [1.54, 1.807) is 7.11 Å². The highest BCUT2D eigenvalue weighted by Gasteiger charge is 2.23. The van der Waals surface area contributed by atoms with Crippen LogP contribution in [0.5, 0.6) is 5.75 Å². The quantitative estimate of drug-likeness (QED) is 0.819. The molecule has 1 aromatic carbocycles. The van der Waals surface area contributed by atoms with Crippen LogP contribution < -0.4 is 10.5 Å². The highest BCUT2D eigenvalue weighted by atomic mass is 16.5. The van der Waals surface area contributed by atoms with E-state index in [0.717, 1.165) is 42.7 Å². The molecule has 0 radical (unpaired) electrons. The molecule has 3 heteroatoms. The van der Waals surface area contributed by atoms with Crippen molar-refractivity contribution in [2.45, 2.75) is 44.8 Å². The lowest BCUT2D eigenvalue weighted by Crippen LogP contribution is -2.29. The van der Waals surface area contributed by atoms with Gasteiger partial charge in [0.2, 0.25) is 0 Å². The summed E-state index contributed by atoms with van der Waals surface area (Å²) in [6.45, 7) is 2.03. The Hall–Kier alpha value is -1.22. The molecule has 2 atom stereocenters. The van der Waals surface area contributed by atoms with E-state index in [0.29, 0.717) is 6.10 Å². The molecular formula is C14H21NO2. The van der Waals surface area contributed by atoms with Gasteiger partial charge in [0.05, 0.1) is 11.8 Å². The second kappa shape index (κ2) is 5.41. The minimum absolute atomic E-state index is 0.235. The number of rotatable bonds is 3. The molecule has 2 rings (SSSR count). The number of hydrogen-bond donors (Lipinski definition) is 1. The van der Waals surface area contributed by atoms with Gasteiger partial charge in [-0.15, -0.1) is 0 Å². The number of nitrogens with two attached hydrogens (primary N) is 1. The smallest absolute Gasteiger partial charge is 0.142 e. The highest BCUT2D eigenvalue weighted by molar-refractivity contribution is 5.54. The fourth-order valence-electron chi connectivity index (χ4n) is 2.38. The summed E-state index contributed by atoms with van der Waals surface area (Å²) in [5.41, 5.74) is 7.84. The molecule has 1 aromatic rings. The van der Waals surface area contributed by atoms with E-state index in [-0.39, 0.29) is 6.10 Å². The summed E-state index contributed by atoms with van der Waals surface area (Å²) >= 11 is 0. The summed E-state index contributed by atoms with van der Waals surface area (Å²) < 4.78 is 11.4. The fourth-order valence-corrected chi connectivity index (χ4v) is 2.38. The van der Waals surface area contributed by atoms with Gasteiger partial charge < -0.3 is 15.2 Å². The number of ether oxygens (including phenoxy) is 2. The lowest BCUT2D eigenvalue weighted by molar-refractivity contribution is 0.0212. The van der Waals surface area contributed by atoms with Crippen molar-refractivity contribution in [2.75, 3.05) is 12.8 Å². The predicted molar refractivity (Wildman–Crippen MR) is 69.3 cm³/mol. The zero-order valence-electron chi connectivity index (χ0n) is 10.6. The van der Waals surface area contributed by atoms with Gasteiger partial charge in [-0.25, -0.2) is 0 Å². The third kappa shape index (κ3) is 3.13. The monoisotopic (exact) mass is 235 g/mol. The highest BCUT2D eigenvalue weighted by Crippen LogP contribution is 2.29. The van der Waals surface area contributed by atoms with Gasteiger partial charge in [-0.05, 0) is 43.9 Å². The van der Waals surface area contributed by atoms with Gasteiger partial charge in [0.25, 0.3) is 0 Å². The molecule has 0 aromatic heterocycles. The van der Waals surface area contributed by atoms with Crippen LogP contribution in [-0.4, -0.2) is 19.3 Å². The maximum Gasteiger partial charge on any atom is 0.142 e. The molecule has 2 unspecified atom stereocenters. The Labute approximate surface area is 103 Å². The van der Waals surface area contributed by atoms with Crippen LogP contribution in [0.4, 0.5) is 5.69 Å². The number of anilines is 1. The van der Waals surface area contributed by atoms with Crippen LogP contribution in [0.3, 0.4) is 0 Å². The SMILES string of the molecule is COC1CCCC(Oc2ccc(C)cc2N)C1. The maximum absolute atomic E-state index is 5.97. The van der Waals surface area contributed by atoms with Gasteiger partial charge in [0.1, 0.15) is 11.9 Å². The first-order valence-corrected chi connectivity index (χ1v) is 6.24. The van der Waals surface area contributed by atoms with Crippen molar-refractivity contribution in [3.05, 3.63) is 23.8 Å². The third-order valence-corrected chi connectivity index (χ3v) is 3.37. The zero-order chi connectivity index (χ0) is 12.3. The average molecular weight is 235 g/mol. The Balaban J connectivity index is 2.00. The van der Waals surface area contributed by atoms with Crippen LogP contribution >= 0.6 is 0 Å².